The Hall–Kier alpha value is -1.47. The minimum absolute atomic E-state index is 0.167. The van der Waals surface area contributed by atoms with Crippen molar-refractivity contribution >= 4 is 11.3 Å². The molecule has 0 saturated carbocycles. The Bertz CT molecular complexity index is 537. The minimum Gasteiger partial charge on any atom is -0.284 e. The molecule has 2 aromatic heterocycles. The van der Waals surface area contributed by atoms with Gasteiger partial charge < -0.3 is 0 Å². The van der Waals surface area contributed by atoms with Gasteiger partial charge >= 0.3 is 5.69 Å². The van der Waals surface area contributed by atoms with Crippen molar-refractivity contribution in [3.63, 3.8) is 0 Å². The van der Waals surface area contributed by atoms with E-state index in [1.807, 2.05) is 17.5 Å². The average molecular weight is 251 g/mol. The monoisotopic (exact) mass is 251 g/mol. The van der Waals surface area contributed by atoms with Crippen LogP contribution >= 0.6 is 11.3 Å². The molecule has 0 radical (unpaired) electrons. The highest BCUT2D eigenvalue weighted by Gasteiger charge is 2.15. The van der Waals surface area contributed by atoms with Crippen LogP contribution in [0.5, 0.6) is 0 Å². The van der Waals surface area contributed by atoms with E-state index in [1.54, 1.807) is 0 Å². The van der Waals surface area contributed by atoms with Crippen LogP contribution in [0.15, 0.2) is 22.3 Å². The number of hydrogen-bond acceptors (Lipinski definition) is 5. The van der Waals surface area contributed by atoms with Gasteiger partial charge in [-0.2, -0.15) is 9.36 Å². The van der Waals surface area contributed by atoms with E-state index < -0.39 is 0 Å². The molecule has 0 atom stereocenters. The van der Waals surface area contributed by atoms with Crippen LogP contribution in [0, 0.1) is 0 Å². The fourth-order valence-electron chi connectivity index (χ4n) is 2.01. The van der Waals surface area contributed by atoms with Gasteiger partial charge in [0.05, 0.1) is 0 Å². The van der Waals surface area contributed by atoms with Crippen molar-refractivity contribution in [2.75, 3.05) is 13.1 Å². The lowest BCUT2D eigenvalue weighted by molar-refractivity contribution is 0.248. The molecular weight excluding hydrogens is 238 g/mol. The van der Waals surface area contributed by atoms with Crippen LogP contribution in [-0.4, -0.2) is 37.8 Å². The van der Waals surface area contributed by atoms with Crippen LogP contribution in [-0.2, 0) is 6.67 Å². The van der Waals surface area contributed by atoms with Crippen LogP contribution in [0.4, 0.5) is 0 Å². The topological polar surface area (TPSA) is 56.0 Å². The van der Waals surface area contributed by atoms with Crippen LogP contribution in [0.25, 0.3) is 5.00 Å². The summed E-state index contributed by atoms with van der Waals surface area (Å²) < 4.78 is 2.77. The van der Waals surface area contributed by atoms with Crippen molar-refractivity contribution in [3.8, 4) is 5.00 Å². The third-order valence-electron chi connectivity index (χ3n) is 2.89. The van der Waals surface area contributed by atoms with Crippen molar-refractivity contribution < 1.29 is 0 Å². The van der Waals surface area contributed by atoms with E-state index in [4.69, 9.17) is 0 Å². The second-order valence-corrected chi connectivity index (χ2v) is 5.02. The average Bonchev–Trinajstić information content (AvgIpc) is 3.03. The van der Waals surface area contributed by atoms with Gasteiger partial charge in [0.25, 0.3) is 0 Å². The standard InChI is InChI=1S/C10H13N5OS/c16-10-14(8-13-5-1-2-6-13)11-12-15(10)9-4-3-7-17-9/h3-4,7H,1-2,5-6,8H2. The fourth-order valence-corrected chi connectivity index (χ4v) is 2.67. The normalized spacial score (nSPS) is 16.7. The molecule has 0 amide bonds. The molecule has 3 heterocycles. The maximum absolute atomic E-state index is 12.0. The molecule has 0 aromatic carbocycles. The Morgan fingerprint density at radius 1 is 1.29 bits per heavy atom. The van der Waals surface area contributed by atoms with Crippen LogP contribution in [0.1, 0.15) is 12.8 Å². The third-order valence-corrected chi connectivity index (χ3v) is 3.73. The van der Waals surface area contributed by atoms with E-state index in [1.165, 1.54) is 33.5 Å². The second kappa shape index (κ2) is 4.42. The molecule has 1 aliphatic heterocycles. The van der Waals surface area contributed by atoms with E-state index in [0.717, 1.165) is 18.1 Å². The van der Waals surface area contributed by atoms with Crippen molar-refractivity contribution in [1.29, 1.82) is 0 Å². The van der Waals surface area contributed by atoms with E-state index in [2.05, 4.69) is 15.3 Å². The number of rotatable bonds is 3. The van der Waals surface area contributed by atoms with Crippen LogP contribution < -0.4 is 5.69 Å². The second-order valence-electron chi connectivity index (χ2n) is 4.09. The van der Waals surface area contributed by atoms with Gasteiger partial charge in [0.15, 0.2) is 0 Å². The molecule has 0 spiro atoms. The molecule has 0 bridgehead atoms. The summed E-state index contributed by atoms with van der Waals surface area (Å²) >= 11 is 1.48. The summed E-state index contributed by atoms with van der Waals surface area (Å²) in [5.74, 6) is 0. The van der Waals surface area contributed by atoms with Gasteiger partial charge in [-0.1, -0.05) is 0 Å². The molecule has 7 heteroatoms. The molecule has 1 fully saturated rings. The molecule has 17 heavy (non-hydrogen) atoms. The number of nitrogens with zero attached hydrogens (tertiary/aromatic N) is 5. The van der Waals surface area contributed by atoms with Gasteiger partial charge in [-0.3, -0.25) is 4.90 Å². The quantitative estimate of drug-likeness (QED) is 0.799. The molecule has 3 rings (SSSR count). The third kappa shape index (κ3) is 2.03. The first-order valence-corrected chi connectivity index (χ1v) is 6.51. The predicted molar refractivity (Wildman–Crippen MR) is 64.3 cm³/mol. The van der Waals surface area contributed by atoms with Gasteiger partial charge in [-0.25, -0.2) is 4.79 Å². The van der Waals surface area contributed by atoms with Gasteiger partial charge in [-0.15, -0.1) is 11.3 Å². The molecular formula is C10H13N5OS. The summed E-state index contributed by atoms with van der Waals surface area (Å²) in [6, 6.07) is 3.76. The van der Waals surface area contributed by atoms with E-state index in [0.29, 0.717) is 6.67 Å². The van der Waals surface area contributed by atoms with Crippen molar-refractivity contribution in [1.82, 2.24) is 24.7 Å². The summed E-state index contributed by atoms with van der Waals surface area (Å²) in [7, 11) is 0. The van der Waals surface area contributed by atoms with Crippen LogP contribution in [0.3, 0.4) is 0 Å². The summed E-state index contributed by atoms with van der Waals surface area (Å²) in [6.45, 7) is 2.63. The first-order chi connectivity index (χ1) is 8.34. The lowest BCUT2D eigenvalue weighted by Gasteiger charge is -2.12. The zero-order chi connectivity index (χ0) is 11.7. The van der Waals surface area contributed by atoms with Gasteiger partial charge in [-0.05, 0) is 53.9 Å². The van der Waals surface area contributed by atoms with Gasteiger partial charge in [0.1, 0.15) is 11.7 Å². The Morgan fingerprint density at radius 3 is 2.82 bits per heavy atom. The first-order valence-electron chi connectivity index (χ1n) is 5.64. The number of thiophene rings is 1. The Morgan fingerprint density at radius 2 is 2.12 bits per heavy atom. The summed E-state index contributed by atoms with van der Waals surface area (Å²) in [5, 5.41) is 10.5. The molecule has 0 N–H and O–H groups in total. The van der Waals surface area contributed by atoms with Crippen LogP contribution in [0.2, 0.25) is 0 Å². The molecule has 1 saturated heterocycles. The first kappa shape index (κ1) is 10.7. The number of aromatic nitrogens is 4. The molecule has 0 aliphatic carbocycles. The number of tetrazole rings is 1. The summed E-state index contributed by atoms with van der Waals surface area (Å²) in [4.78, 5) is 14.3. The number of hydrogen-bond donors (Lipinski definition) is 0. The fraction of sp³-hybridized carbons (Fsp3) is 0.500. The lowest BCUT2D eigenvalue weighted by atomic mass is 10.4. The largest absolute Gasteiger partial charge is 0.370 e. The SMILES string of the molecule is O=c1n(CN2CCCC2)nnn1-c1cccs1. The zero-order valence-electron chi connectivity index (χ0n) is 9.32. The van der Waals surface area contributed by atoms with Crippen molar-refractivity contribution in [2.24, 2.45) is 0 Å². The predicted octanol–water partition coefficient (Wildman–Crippen LogP) is 0.544. The summed E-state index contributed by atoms with van der Waals surface area (Å²) in [5.41, 5.74) is -0.167. The maximum atomic E-state index is 12.0. The highest BCUT2D eigenvalue weighted by Crippen LogP contribution is 2.11. The lowest BCUT2D eigenvalue weighted by Crippen LogP contribution is -2.31. The van der Waals surface area contributed by atoms with Gasteiger partial charge in [0.2, 0.25) is 0 Å². The molecule has 6 nitrogen and oxygen atoms in total. The highest BCUT2D eigenvalue weighted by atomic mass is 32.1. The Labute approximate surface area is 102 Å². The molecule has 90 valence electrons. The molecule has 2 aromatic rings. The van der Waals surface area contributed by atoms with E-state index in [-0.39, 0.29) is 5.69 Å². The van der Waals surface area contributed by atoms with Gasteiger partial charge in [0, 0.05) is 0 Å². The van der Waals surface area contributed by atoms with Crippen molar-refractivity contribution in [2.45, 2.75) is 19.5 Å². The minimum atomic E-state index is -0.167. The smallest absolute Gasteiger partial charge is 0.284 e. The maximum Gasteiger partial charge on any atom is 0.370 e. The molecule has 0 unspecified atom stereocenters. The zero-order valence-corrected chi connectivity index (χ0v) is 10.1. The van der Waals surface area contributed by atoms with E-state index in [9.17, 15) is 4.79 Å². The Kier molecular flexibility index (Phi) is 2.77. The highest BCUT2D eigenvalue weighted by molar-refractivity contribution is 7.12. The summed E-state index contributed by atoms with van der Waals surface area (Å²) in [6.07, 6.45) is 2.40. The number of likely N-dealkylation sites (tertiary alicyclic amines) is 1. The van der Waals surface area contributed by atoms with Crippen molar-refractivity contribution in [3.05, 3.63) is 28.0 Å². The van der Waals surface area contributed by atoms with E-state index >= 15 is 0 Å². The Balaban J connectivity index is 1.85. The molecule has 1 aliphatic rings.